The Morgan fingerprint density at radius 3 is 2.00 bits per heavy atom. The number of nitrogens with one attached hydrogen (secondary N) is 1. The Hall–Kier alpha value is -5.86. The minimum Gasteiger partial charge on any atom is -0.456 e. The summed E-state index contributed by atoms with van der Waals surface area (Å²) in [5.41, 5.74) is 11.6. The fraction of sp³-hybridized carbons (Fsp3) is 0.0455. The van der Waals surface area contributed by atoms with Gasteiger partial charge in [0, 0.05) is 27.7 Å². The highest BCUT2D eigenvalue weighted by atomic mass is 16.3. The standard InChI is InChI=1S/C44H33NO/c1-31-13-4-2-7-16-34-17-8-10-20-40(34)44(31,41-21-12-19-39-38-18-9-11-22-42(38)46-43(39)41)35-25-29-37(30-26-35)45-36-27-23-33(24-28-36)32-14-5-3-6-15-32/h2-30,45H,1H3/b4-2-,16-7+,31-13+. The molecule has 0 bridgehead atoms. The van der Waals surface area contributed by atoms with Crippen LogP contribution in [-0.4, -0.2) is 0 Å². The van der Waals surface area contributed by atoms with E-state index < -0.39 is 5.41 Å². The lowest BCUT2D eigenvalue weighted by Gasteiger charge is -2.38. The second kappa shape index (κ2) is 11.6. The number of allylic oxidation sites excluding steroid dienone is 5. The molecule has 1 aliphatic carbocycles. The zero-order valence-corrected chi connectivity index (χ0v) is 25.7. The molecule has 2 nitrogen and oxygen atoms in total. The number of furan rings is 1. The van der Waals surface area contributed by atoms with Crippen molar-refractivity contribution in [3.8, 4) is 11.1 Å². The van der Waals surface area contributed by atoms with Gasteiger partial charge in [0.2, 0.25) is 0 Å². The molecule has 0 aliphatic heterocycles. The summed E-state index contributed by atoms with van der Waals surface area (Å²) < 4.78 is 6.72. The van der Waals surface area contributed by atoms with Gasteiger partial charge in [-0.1, -0.05) is 151 Å². The molecule has 1 unspecified atom stereocenters. The van der Waals surface area contributed by atoms with E-state index in [1.807, 2.05) is 12.1 Å². The SMILES string of the molecule is C\C1=C/C=C\C=C\c2ccccc2C1(c1ccc(Nc2ccc(-c3ccccc3)cc2)cc1)c1cccc2c1oc1ccccc12. The molecule has 0 radical (unpaired) electrons. The third kappa shape index (κ3) is 4.67. The van der Waals surface area contributed by atoms with Crippen LogP contribution in [0.5, 0.6) is 0 Å². The fourth-order valence-electron chi connectivity index (χ4n) is 7.03. The van der Waals surface area contributed by atoms with Crippen LogP contribution >= 0.6 is 0 Å². The van der Waals surface area contributed by atoms with Gasteiger partial charge < -0.3 is 9.73 Å². The van der Waals surface area contributed by atoms with Crippen LogP contribution < -0.4 is 5.32 Å². The van der Waals surface area contributed by atoms with Crippen molar-refractivity contribution in [2.75, 3.05) is 5.32 Å². The molecule has 0 saturated heterocycles. The monoisotopic (exact) mass is 591 g/mol. The van der Waals surface area contributed by atoms with Crippen molar-refractivity contribution in [1.82, 2.24) is 0 Å². The predicted octanol–water partition coefficient (Wildman–Crippen LogP) is 11.9. The Morgan fingerprint density at radius 2 is 1.17 bits per heavy atom. The highest BCUT2D eigenvalue weighted by molar-refractivity contribution is 6.06. The lowest BCUT2D eigenvalue weighted by molar-refractivity contribution is 0.641. The molecule has 1 aliphatic rings. The summed E-state index contributed by atoms with van der Waals surface area (Å²) in [4.78, 5) is 0. The Morgan fingerprint density at radius 1 is 0.522 bits per heavy atom. The molecule has 2 heteroatoms. The molecule has 1 N–H and O–H groups in total. The third-order valence-corrected chi connectivity index (χ3v) is 9.21. The highest BCUT2D eigenvalue weighted by Gasteiger charge is 2.41. The first-order valence-corrected chi connectivity index (χ1v) is 15.8. The van der Waals surface area contributed by atoms with Crippen molar-refractivity contribution in [3.63, 3.8) is 0 Å². The molecular weight excluding hydrogens is 558 g/mol. The van der Waals surface area contributed by atoms with Crippen LogP contribution in [0.15, 0.2) is 180 Å². The summed E-state index contributed by atoms with van der Waals surface area (Å²) >= 11 is 0. The molecule has 0 spiro atoms. The first kappa shape index (κ1) is 27.7. The number of anilines is 2. The molecule has 220 valence electrons. The number of fused-ring (bicyclic) bond motifs is 4. The van der Waals surface area contributed by atoms with Crippen molar-refractivity contribution < 1.29 is 4.42 Å². The molecule has 1 atom stereocenters. The van der Waals surface area contributed by atoms with Gasteiger partial charge >= 0.3 is 0 Å². The Balaban J connectivity index is 1.29. The second-order valence-electron chi connectivity index (χ2n) is 11.9. The molecule has 1 heterocycles. The van der Waals surface area contributed by atoms with E-state index in [0.717, 1.165) is 38.9 Å². The van der Waals surface area contributed by atoms with Crippen molar-refractivity contribution in [3.05, 3.63) is 198 Å². The maximum absolute atomic E-state index is 6.72. The van der Waals surface area contributed by atoms with Crippen LogP contribution in [0.25, 0.3) is 39.1 Å². The average Bonchev–Trinajstić information content (AvgIpc) is 3.52. The van der Waals surface area contributed by atoms with Crippen LogP contribution in [-0.2, 0) is 5.41 Å². The molecule has 8 rings (SSSR count). The fourth-order valence-corrected chi connectivity index (χ4v) is 7.03. The topological polar surface area (TPSA) is 25.2 Å². The van der Waals surface area contributed by atoms with Gasteiger partial charge in [-0.2, -0.15) is 0 Å². The van der Waals surface area contributed by atoms with E-state index in [2.05, 4.69) is 176 Å². The number of hydrogen-bond donors (Lipinski definition) is 1. The summed E-state index contributed by atoms with van der Waals surface area (Å²) in [5.74, 6) is 0. The van der Waals surface area contributed by atoms with Gasteiger partial charge in [0.1, 0.15) is 11.2 Å². The molecule has 1 aromatic heterocycles. The molecular formula is C44H33NO. The predicted molar refractivity (Wildman–Crippen MR) is 194 cm³/mol. The van der Waals surface area contributed by atoms with Gasteiger partial charge in [-0.05, 0) is 65.1 Å². The van der Waals surface area contributed by atoms with E-state index >= 15 is 0 Å². The molecule has 0 fully saturated rings. The normalized spacial score (nSPS) is 18.5. The van der Waals surface area contributed by atoms with Crippen molar-refractivity contribution in [2.24, 2.45) is 0 Å². The number of hydrogen-bond acceptors (Lipinski definition) is 2. The zero-order chi connectivity index (χ0) is 30.9. The Labute approximate surface area is 269 Å². The lowest BCUT2D eigenvalue weighted by atomic mass is 9.63. The quantitative estimate of drug-likeness (QED) is 0.215. The summed E-state index contributed by atoms with van der Waals surface area (Å²) in [6.07, 6.45) is 10.8. The van der Waals surface area contributed by atoms with E-state index in [1.54, 1.807) is 0 Å². The van der Waals surface area contributed by atoms with Gasteiger partial charge in [-0.15, -0.1) is 0 Å². The van der Waals surface area contributed by atoms with Gasteiger partial charge in [0.15, 0.2) is 0 Å². The number of para-hydroxylation sites is 2. The second-order valence-corrected chi connectivity index (χ2v) is 11.9. The van der Waals surface area contributed by atoms with Crippen LogP contribution in [0.1, 0.15) is 29.2 Å². The van der Waals surface area contributed by atoms with Gasteiger partial charge in [-0.25, -0.2) is 0 Å². The van der Waals surface area contributed by atoms with Crippen LogP contribution in [0, 0.1) is 0 Å². The summed E-state index contributed by atoms with van der Waals surface area (Å²) in [6, 6.07) is 51.6. The van der Waals surface area contributed by atoms with Gasteiger partial charge in [-0.3, -0.25) is 0 Å². The molecule has 6 aromatic carbocycles. The molecule has 0 amide bonds. The highest BCUT2D eigenvalue weighted by Crippen LogP contribution is 2.50. The van der Waals surface area contributed by atoms with E-state index in [9.17, 15) is 0 Å². The van der Waals surface area contributed by atoms with Crippen LogP contribution in [0.4, 0.5) is 11.4 Å². The number of benzene rings is 6. The summed E-state index contributed by atoms with van der Waals surface area (Å²) in [7, 11) is 0. The molecule has 7 aromatic rings. The average molecular weight is 592 g/mol. The Kier molecular flexibility index (Phi) is 6.96. The van der Waals surface area contributed by atoms with Crippen LogP contribution in [0.3, 0.4) is 0 Å². The maximum atomic E-state index is 6.72. The van der Waals surface area contributed by atoms with E-state index in [0.29, 0.717) is 0 Å². The smallest absolute Gasteiger partial charge is 0.140 e. The largest absolute Gasteiger partial charge is 0.456 e. The maximum Gasteiger partial charge on any atom is 0.140 e. The van der Waals surface area contributed by atoms with Crippen molar-refractivity contribution in [1.29, 1.82) is 0 Å². The Bertz CT molecular complexity index is 2270. The minimum absolute atomic E-state index is 0.612. The van der Waals surface area contributed by atoms with Crippen molar-refractivity contribution >= 4 is 39.4 Å². The zero-order valence-electron chi connectivity index (χ0n) is 25.7. The molecule has 46 heavy (non-hydrogen) atoms. The van der Waals surface area contributed by atoms with Crippen LogP contribution in [0.2, 0.25) is 0 Å². The van der Waals surface area contributed by atoms with Gasteiger partial charge in [0.25, 0.3) is 0 Å². The molecule has 0 saturated carbocycles. The first-order valence-electron chi connectivity index (χ1n) is 15.8. The number of rotatable bonds is 5. The van der Waals surface area contributed by atoms with Gasteiger partial charge in [0.05, 0.1) is 5.41 Å². The third-order valence-electron chi connectivity index (χ3n) is 9.21. The summed E-state index contributed by atoms with van der Waals surface area (Å²) in [5, 5.41) is 5.88. The van der Waals surface area contributed by atoms with E-state index in [4.69, 9.17) is 4.42 Å². The van der Waals surface area contributed by atoms with Crippen molar-refractivity contribution in [2.45, 2.75) is 12.3 Å². The lowest BCUT2D eigenvalue weighted by Crippen LogP contribution is -2.32. The summed E-state index contributed by atoms with van der Waals surface area (Å²) in [6.45, 7) is 2.24. The minimum atomic E-state index is -0.612. The van der Waals surface area contributed by atoms with E-state index in [1.165, 1.54) is 33.4 Å². The first-order chi connectivity index (χ1) is 22.7. The van der Waals surface area contributed by atoms with E-state index in [-0.39, 0.29) is 0 Å².